The number of amides is 1. The standard InChI is InChI=1S/C20H25FN2O2/c1-20(2,3)17(14-5-4-6-16(22)11-14)12-18(25-19(23)24)13-7-9-15(21)10-8-13/h4-11,17-18H,12,22H2,1-3H3,(H2,23,24). The first-order valence-electron chi connectivity index (χ1n) is 8.24. The van der Waals surface area contributed by atoms with Gasteiger partial charge in [-0.05, 0) is 53.1 Å². The smallest absolute Gasteiger partial charge is 0.405 e. The molecule has 1 amide bonds. The molecular weight excluding hydrogens is 319 g/mol. The van der Waals surface area contributed by atoms with Gasteiger partial charge in [-0.1, -0.05) is 45.0 Å². The van der Waals surface area contributed by atoms with Gasteiger partial charge in [0.1, 0.15) is 11.9 Å². The van der Waals surface area contributed by atoms with E-state index < -0.39 is 12.2 Å². The highest BCUT2D eigenvalue weighted by Crippen LogP contribution is 2.42. The van der Waals surface area contributed by atoms with Crippen LogP contribution in [-0.4, -0.2) is 6.09 Å². The van der Waals surface area contributed by atoms with E-state index >= 15 is 0 Å². The Morgan fingerprint density at radius 2 is 1.76 bits per heavy atom. The number of nitrogen functional groups attached to an aromatic ring is 1. The summed E-state index contributed by atoms with van der Waals surface area (Å²) in [6, 6.07) is 13.6. The molecule has 0 aliphatic heterocycles. The summed E-state index contributed by atoms with van der Waals surface area (Å²) in [5.41, 5.74) is 13.5. The second-order valence-corrected chi connectivity index (χ2v) is 7.30. The number of nitrogens with two attached hydrogens (primary N) is 2. The molecule has 25 heavy (non-hydrogen) atoms. The fraction of sp³-hybridized carbons (Fsp3) is 0.350. The Morgan fingerprint density at radius 3 is 2.28 bits per heavy atom. The normalized spacial score (nSPS) is 13.9. The van der Waals surface area contributed by atoms with Crippen LogP contribution in [0.5, 0.6) is 0 Å². The summed E-state index contributed by atoms with van der Waals surface area (Å²) >= 11 is 0. The Morgan fingerprint density at radius 1 is 1.12 bits per heavy atom. The van der Waals surface area contributed by atoms with Crippen molar-refractivity contribution in [2.45, 2.75) is 39.2 Å². The van der Waals surface area contributed by atoms with E-state index in [0.29, 0.717) is 17.7 Å². The first-order chi connectivity index (χ1) is 11.7. The summed E-state index contributed by atoms with van der Waals surface area (Å²) in [7, 11) is 0. The number of anilines is 1. The fourth-order valence-electron chi connectivity index (χ4n) is 3.05. The van der Waals surface area contributed by atoms with Gasteiger partial charge in [-0.15, -0.1) is 0 Å². The molecule has 0 aliphatic rings. The van der Waals surface area contributed by atoms with Gasteiger partial charge in [-0.3, -0.25) is 0 Å². The van der Waals surface area contributed by atoms with Crippen LogP contribution in [0.15, 0.2) is 48.5 Å². The van der Waals surface area contributed by atoms with Crippen LogP contribution in [0.3, 0.4) is 0 Å². The minimum atomic E-state index is -0.852. The SMILES string of the molecule is CC(C)(C)C(CC(OC(N)=O)c1ccc(F)cc1)c1cccc(N)c1. The summed E-state index contributed by atoms with van der Waals surface area (Å²) in [5, 5.41) is 0. The first kappa shape index (κ1) is 18.8. The largest absolute Gasteiger partial charge is 0.441 e. The molecule has 0 bridgehead atoms. The molecule has 0 heterocycles. The number of halogens is 1. The molecule has 0 aromatic heterocycles. The van der Waals surface area contributed by atoms with Gasteiger partial charge in [0.15, 0.2) is 0 Å². The van der Waals surface area contributed by atoms with Gasteiger partial charge in [-0.2, -0.15) is 0 Å². The lowest BCUT2D eigenvalue weighted by molar-refractivity contribution is 0.0854. The van der Waals surface area contributed by atoms with Gasteiger partial charge in [-0.25, -0.2) is 9.18 Å². The molecule has 2 aromatic rings. The van der Waals surface area contributed by atoms with Gasteiger partial charge in [0.25, 0.3) is 0 Å². The number of rotatable bonds is 5. The minimum absolute atomic E-state index is 0.0606. The Kier molecular flexibility index (Phi) is 5.67. The van der Waals surface area contributed by atoms with Crippen molar-refractivity contribution in [2.24, 2.45) is 11.1 Å². The molecule has 0 fully saturated rings. The monoisotopic (exact) mass is 344 g/mol. The molecule has 134 valence electrons. The fourth-order valence-corrected chi connectivity index (χ4v) is 3.05. The molecule has 0 radical (unpaired) electrons. The highest BCUT2D eigenvalue weighted by molar-refractivity contribution is 5.65. The van der Waals surface area contributed by atoms with Crippen molar-refractivity contribution >= 4 is 11.8 Å². The average Bonchev–Trinajstić information content (AvgIpc) is 2.50. The number of hydrogen-bond acceptors (Lipinski definition) is 3. The van der Waals surface area contributed by atoms with E-state index in [4.69, 9.17) is 16.2 Å². The molecule has 0 saturated carbocycles. The number of ether oxygens (including phenoxy) is 1. The lowest BCUT2D eigenvalue weighted by Gasteiger charge is -2.34. The van der Waals surface area contributed by atoms with Crippen molar-refractivity contribution in [3.63, 3.8) is 0 Å². The van der Waals surface area contributed by atoms with Crippen LogP contribution in [0, 0.1) is 11.2 Å². The highest BCUT2D eigenvalue weighted by atomic mass is 19.1. The van der Waals surface area contributed by atoms with Crippen LogP contribution in [0.4, 0.5) is 14.9 Å². The van der Waals surface area contributed by atoms with Crippen LogP contribution < -0.4 is 11.5 Å². The number of carbonyl (C=O) groups excluding carboxylic acids is 1. The molecule has 0 aliphatic carbocycles. The zero-order valence-electron chi connectivity index (χ0n) is 14.8. The molecule has 2 unspecified atom stereocenters. The maximum atomic E-state index is 13.2. The van der Waals surface area contributed by atoms with Crippen molar-refractivity contribution in [1.82, 2.24) is 0 Å². The van der Waals surface area contributed by atoms with Crippen LogP contribution in [0.25, 0.3) is 0 Å². The highest BCUT2D eigenvalue weighted by Gasteiger charge is 2.31. The number of benzene rings is 2. The molecule has 0 saturated heterocycles. The predicted octanol–water partition coefficient (Wildman–Crippen LogP) is 4.76. The molecule has 2 atom stereocenters. The van der Waals surface area contributed by atoms with Crippen LogP contribution in [0.2, 0.25) is 0 Å². The number of carbonyl (C=O) groups is 1. The molecule has 0 spiro atoms. The second kappa shape index (κ2) is 7.55. The van der Waals surface area contributed by atoms with E-state index in [0.717, 1.165) is 5.56 Å². The topological polar surface area (TPSA) is 78.3 Å². The predicted molar refractivity (Wildman–Crippen MR) is 97.5 cm³/mol. The van der Waals surface area contributed by atoms with Crippen molar-refractivity contribution in [3.05, 3.63) is 65.5 Å². The summed E-state index contributed by atoms with van der Waals surface area (Å²) in [5.74, 6) is -0.282. The Hall–Kier alpha value is -2.56. The van der Waals surface area contributed by atoms with E-state index in [1.807, 2.05) is 24.3 Å². The average molecular weight is 344 g/mol. The lowest BCUT2D eigenvalue weighted by Crippen LogP contribution is -2.25. The summed E-state index contributed by atoms with van der Waals surface area (Å²) in [6.07, 6.45) is -0.903. The lowest BCUT2D eigenvalue weighted by atomic mass is 9.73. The third-order valence-electron chi connectivity index (χ3n) is 4.31. The van der Waals surface area contributed by atoms with Gasteiger partial charge >= 0.3 is 6.09 Å². The maximum Gasteiger partial charge on any atom is 0.405 e. The van der Waals surface area contributed by atoms with E-state index in [1.165, 1.54) is 12.1 Å². The summed E-state index contributed by atoms with van der Waals surface area (Å²) in [6.45, 7) is 6.35. The molecule has 4 nitrogen and oxygen atoms in total. The molecule has 4 N–H and O–H groups in total. The van der Waals surface area contributed by atoms with Crippen LogP contribution in [-0.2, 0) is 4.74 Å². The van der Waals surface area contributed by atoms with Crippen molar-refractivity contribution < 1.29 is 13.9 Å². The Labute approximate surface area is 148 Å². The van der Waals surface area contributed by atoms with Crippen LogP contribution >= 0.6 is 0 Å². The number of hydrogen-bond donors (Lipinski definition) is 2. The second-order valence-electron chi connectivity index (χ2n) is 7.30. The third kappa shape index (κ3) is 5.21. The minimum Gasteiger partial charge on any atom is -0.441 e. The molecule has 2 rings (SSSR count). The Balaban J connectivity index is 2.38. The van der Waals surface area contributed by atoms with Crippen molar-refractivity contribution in [2.75, 3.05) is 5.73 Å². The summed E-state index contributed by atoms with van der Waals surface area (Å²) in [4.78, 5) is 11.4. The quantitative estimate of drug-likeness (QED) is 0.767. The van der Waals surface area contributed by atoms with E-state index in [1.54, 1.807) is 12.1 Å². The zero-order valence-corrected chi connectivity index (χ0v) is 14.8. The van der Waals surface area contributed by atoms with E-state index in [-0.39, 0.29) is 17.2 Å². The first-order valence-corrected chi connectivity index (χ1v) is 8.24. The van der Waals surface area contributed by atoms with Gasteiger partial charge < -0.3 is 16.2 Å². The zero-order chi connectivity index (χ0) is 18.6. The van der Waals surface area contributed by atoms with Gasteiger partial charge in [0, 0.05) is 5.69 Å². The maximum absolute atomic E-state index is 13.2. The number of primary amides is 1. The van der Waals surface area contributed by atoms with Crippen molar-refractivity contribution in [1.29, 1.82) is 0 Å². The molecular formula is C20H25FN2O2. The third-order valence-corrected chi connectivity index (χ3v) is 4.31. The van der Waals surface area contributed by atoms with Crippen molar-refractivity contribution in [3.8, 4) is 0 Å². The Bertz CT molecular complexity index is 723. The van der Waals surface area contributed by atoms with E-state index in [9.17, 15) is 9.18 Å². The van der Waals surface area contributed by atoms with Crippen LogP contribution in [0.1, 0.15) is 50.3 Å². The van der Waals surface area contributed by atoms with E-state index in [2.05, 4.69) is 20.8 Å². The van der Waals surface area contributed by atoms with Gasteiger partial charge in [0.05, 0.1) is 0 Å². The van der Waals surface area contributed by atoms with Gasteiger partial charge in [0.2, 0.25) is 0 Å². The molecule has 5 heteroatoms. The molecule has 2 aromatic carbocycles. The summed E-state index contributed by atoms with van der Waals surface area (Å²) < 4.78 is 18.6.